The van der Waals surface area contributed by atoms with Crippen LogP contribution in [0.25, 0.3) is 0 Å². The predicted molar refractivity (Wildman–Crippen MR) is 82.1 cm³/mol. The minimum Gasteiger partial charge on any atom is -0.491 e. The van der Waals surface area contributed by atoms with Crippen LogP contribution in [-0.4, -0.2) is 41.8 Å². The molecular formula is C17H24N2O2. The molecule has 1 aliphatic rings. The van der Waals surface area contributed by atoms with E-state index in [0.29, 0.717) is 25.6 Å². The highest BCUT2D eigenvalue weighted by Crippen LogP contribution is 2.17. The molecule has 1 aromatic rings. The van der Waals surface area contributed by atoms with Crippen LogP contribution >= 0.6 is 0 Å². The third kappa shape index (κ3) is 5.04. The molecule has 0 spiro atoms. The highest BCUT2D eigenvalue weighted by atomic mass is 16.5. The molecule has 1 saturated heterocycles. The number of aliphatic hydroxyl groups excluding tert-OH is 1. The largest absolute Gasteiger partial charge is 0.491 e. The van der Waals surface area contributed by atoms with Crippen LogP contribution in [0.2, 0.25) is 0 Å². The first-order valence-electron chi connectivity index (χ1n) is 7.70. The van der Waals surface area contributed by atoms with E-state index in [4.69, 9.17) is 10.00 Å². The van der Waals surface area contributed by atoms with Gasteiger partial charge in [-0.1, -0.05) is 18.6 Å². The highest BCUT2D eigenvalue weighted by Gasteiger charge is 2.20. The van der Waals surface area contributed by atoms with Crippen molar-refractivity contribution in [2.24, 2.45) is 0 Å². The number of piperidine rings is 1. The van der Waals surface area contributed by atoms with Gasteiger partial charge < -0.3 is 9.84 Å². The molecule has 1 aromatic carbocycles. The molecule has 0 amide bonds. The lowest BCUT2D eigenvalue weighted by atomic mass is 10.0. The Morgan fingerprint density at radius 3 is 2.81 bits per heavy atom. The van der Waals surface area contributed by atoms with Gasteiger partial charge in [0, 0.05) is 12.6 Å². The first kappa shape index (κ1) is 15.8. The lowest BCUT2D eigenvalue weighted by molar-refractivity contribution is 0.0438. The molecule has 4 nitrogen and oxygen atoms in total. The zero-order valence-corrected chi connectivity index (χ0v) is 12.7. The van der Waals surface area contributed by atoms with Crippen molar-refractivity contribution in [1.29, 1.82) is 5.26 Å². The summed E-state index contributed by atoms with van der Waals surface area (Å²) in [6, 6.07) is 10.1. The van der Waals surface area contributed by atoms with Gasteiger partial charge in [-0.2, -0.15) is 5.26 Å². The number of nitrogens with zero attached hydrogens (tertiary/aromatic N) is 2. The number of aliphatic hydroxyl groups is 1. The van der Waals surface area contributed by atoms with Crippen molar-refractivity contribution in [2.75, 3.05) is 19.7 Å². The Hall–Kier alpha value is -1.57. The molecule has 0 aromatic heterocycles. The molecule has 1 fully saturated rings. The van der Waals surface area contributed by atoms with E-state index in [1.54, 1.807) is 0 Å². The van der Waals surface area contributed by atoms with Crippen LogP contribution < -0.4 is 4.74 Å². The van der Waals surface area contributed by atoms with Gasteiger partial charge in [0.2, 0.25) is 0 Å². The number of nitriles is 1. The van der Waals surface area contributed by atoms with Gasteiger partial charge in [-0.05, 0) is 44.0 Å². The molecule has 21 heavy (non-hydrogen) atoms. The normalized spacial score (nSPS) is 20.7. The van der Waals surface area contributed by atoms with E-state index in [0.717, 1.165) is 17.9 Å². The minimum atomic E-state index is -0.468. The fraction of sp³-hybridized carbons (Fsp3) is 0.588. The molecular weight excluding hydrogens is 264 g/mol. The van der Waals surface area contributed by atoms with Crippen molar-refractivity contribution in [2.45, 2.75) is 44.8 Å². The number of hydrogen-bond acceptors (Lipinski definition) is 4. The standard InChI is InChI=1S/C17H24N2O2/c1-14-4-2-3-11-19(14)12-16(20)13-21-17-7-5-15(6-8-17)9-10-18/h5-8,14,16,20H,2-4,9,11-13H2,1H3/t14-,16-/m0/s1. The summed E-state index contributed by atoms with van der Waals surface area (Å²) in [5.74, 6) is 0.738. The molecule has 0 saturated carbocycles. The minimum absolute atomic E-state index is 0.306. The molecule has 114 valence electrons. The number of ether oxygens (including phenoxy) is 1. The Labute approximate surface area is 127 Å². The van der Waals surface area contributed by atoms with Gasteiger partial charge in [-0.3, -0.25) is 4.90 Å². The lowest BCUT2D eigenvalue weighted by Gasteiger charge is -2.34. The molecule has 0 radical (unpaired) electrons. The van der Waals surface area contributed by atoms with E-state index in [1.807, 2.05) is 24.3 Å². The highest BCUT2D eigenvalue weighted by molar-refractivity contribution is 5.28. The molecule has 1 N–H and O–H groups in total. The van der Waals surface area contributed by atoms with Crippen molar-refractivity contribution in [3.05, 3.63) is 29.8 Å². The van der Waals surface area contributed by atoms with E-state index in [9.17, 15) is 5.11 Å². The third-order valence-corrected chi connectivity index (χ3v) is 4.03. The second-order valence-electron chi connectivity index (χ2n) is 5.78. The van der Waals surface area contributed by atoms with Crippen LogP contribution in [-0.2, 0) is 6.42 Å². The van der Waals surface area contributed by atoms with E-state index >= 15 is 0 Å². The Bertz CT molecular complexity index is 467. The third-order valence-electron chi connectivity index (χ3n) is 4.03. The Kier molecular flexibility index (Phi) is 6.04. The van der Waals surface area contributed by atoms with Crippen LogP contribution in [0, 0.1) is 11.3 Å². The fourth-order valence-electron chi connectivity index (χ4n) is 2.74. The van der Waals surface area contributed by atoms with Gasteiger partial charge >= 0.3 is 0 Å². The van der Waals surface area contributed by atoms with E-state index in [1.165, 1.54) is 19.3 Å². The molecule has 1 heterocycles. The SMILES string of the molecule is C[C@H]1CCCCN1C[C@H](O)COc1ccc(CC#N)cc1. The quantitative estimate of drug-likeness (QED) is 0.873. The Morgan fingerprint density at radius 1 is 1.38 bits per heavy atom. The first-order chi connectivity index (χ1) is 10.2. The average Bonchev–Trinajstić information content (AvgIpc) is 2.49. The number of hydrogen-bond donors (Lipinski definition) is 1. The zero-order valence-electron chi connectivity index (χ0n) is 12.7. The molecule has 4 heteroatoms. The summed E-state index contributed by atoms with van der Waals surface area (Å²) in [6.07, 6.45) is 3.67. The molecule has 1 aliphatic heterocycles. The van der Waals surface area contributed by atoms with Crippen LogP contribution in [0.4, 0.5) is 0 Å². The number of β-amino-alcohol motifs (C(OH)–C–C–N with tert-alkyl or cyclic N) is 1. The zero-order chi connectivity index (χ0) is 15.1. The monoisotopic (exact) mass is 288 g/mol. The summed E-state index contributed by atoms with van der Waals surface area (Å²) < 4.78 is 5.62. The predicted octanol–water partition coefficient (Wildman–Crippen LogP) is 2.37. The summed E-state index contributed by atoms with van der Waals surface area (Å²) in [6.45, 7) is 4.27. The molecule has 2 atom stereocenters. The van der Waals surface area contributed by atoms with Gasteiger partial charge in [0.15, 0.2) is 0 Å². The van der Waals surface area contributed by atoms with Crippen molar-refractivity contribution in [3.8, 4) is 11.8 Å². The second kappa shape index (κ2) is 8.02. The summed E-state index contributed by atoms with van der Waals surface area (Å²) in [4.78, 5) is 2.34. The van der Waals surface area contributed by atoms with Gasteiger partial charge in [0.1, 0.15) is 18.5 Å². The summed E-state index contributed by atoms with van der Waals surface area (Å²) in [7, 11) is 0. The van der Waals surface area contributed by atoms with Gasteiger partial charge in [0.05, 0.1) is 12.5 Å². The number of rotatable bonds is 6. The molecule has 2 rings (SSSR count). The van der Waals surface area contributed by atoms with E-state index in [-0.39, 0.29) is 0 Å². The smallest absolute Gasteiger partial charge is 0.119 e. The maximum Gasteiger partial charge on any atom is 0.119 e. The van der Waals surface area contributed by atoms with Gasteiger partial charge in [-0.25, -0.2) is 0 Å². The van der Waals surface area contributed by atoms with Crippen molar-refractivity contribution in [3.63, 3.8) is 0 Å². The summed E-state index contributed by atoms with van der Waals surface area (Å²) >= 11 is 0. The molecule has 0 unspecified atom stereocenters. The maximum absolute atomic E-state index is 10.1. The van der Waals surface area contributed by atoms with E-state index < -0.39 is 6.10 Å². The number of likely N-dealkylation sites (tertiary alicyclic amines) is 1. The number of benzene rings is 1. The topological polar surface area (TPSA) is 56.5 Å². The van der Waals surface area contributed by atoms with Crippen molar-refractivity contribution >= 4 is 0 Å². The second-order valence-corrected chi connectivity index (χ2v) is 5.78. The van der Waals surface area contributed by atoms with Crippen LogP contribution in [0.5, 0.6) is 5.75 Å². The Morgan fingerprint density at radius 2 is 2.14 bits per heavy atom. The van der Waals surface area contributed by atoms with Crippen LogP contribution in [0.1, 0.15) is 31.7 Å². The van der Waals surface area contributed by atoms with Crippen molar-refractivity contribution in [1.82, 2.24) is 4.90 Å². The van der Waals surface area contributed by atoms with Gasteiger partial charge in [0.25, 0.3) is 0 Å². The van der Waals surface area contributed by atoms with Crippen LogP contribution in [0.15, 0.2) is 24.3 Å². The Balaban J connectivity index is 1.75. The van der Waals surface area contributed by atoms with Crippen LogP contribution in [0.3, 0.4) is 0 Å². The lowest BCUT2D eigenvalue weighted by Crippen LogP contribution is -2.43. The molecule has 0 bridgehead atoms. The van der Waals surface area contributed by atoms with Crippen molar-refractivity contribution < 1.29 is 9.84 Å². The fourth-order valence-corrected chi connectivity index (χ4v) is 2.74. The summed E-state index contributed by atoms with van der Waals surface area (Å²) in [5.41, 5.74) is 0.979. The molecule has 0 aliphatic carbocycles. The first-order valence-corrected chi connectivity index (χ1v) is 7.70. The van der Waals surface area contributed by atoms with Gasteiger partial charge in [-0.15, -0.1) is 0 Å². The average molecular weight is 288 g/mol. The summed E-state index contributed by atoms with van der Waals surface area (Å²) in [5, 5.41) is 18.7. The maximum atomic E-state index is 10.1. The van der Waals surface area contributed by atoms with E-state index in [2.05, 4.69) is 17.9 Å².